The van der Waals surface area contributed by atoms with Crippen LogP contribution in [0.15, 0.2) is 4.99 Å². The van der Waals surface area contributed by atoms with Gasteiger partial charge >= 0.3 is 0 Å². The van der Waals surface area contributed by atoms with Gasteiger partial charge in [-0.2, -0.15) is 0 Å². The molecule has 86 valence electrons. The summed E-state index contributed by atoms with van der Waals surface area (Å²) in [5, 5.41) is 5.42. The molecule has 0 bridgehead atoms. The zero-order valence-electron chi connectivity index (χ0n) is 9.86. The number of hydrogen-bond acceptors (Lipinski definition) is 4. The summed E-state index contributed by atoms with van der Waals surface area (Å²) < 4.78 is 0. The molecule has 3 unspecified atom stereocenters. The van der Waals surface area contributed by atoms with E-state index in [0.717, 1.165) is 6.54 Å². The SMILES string of the molecule is CC1CN=C(NC2CCN(C)C(C)C2)S1. The van der Waals surface area contributed by atoms with E-state index in [4.69, 9.17) is 0 Å². The van der Waals surface area contributed by atoms with Gasteiger partial charge in [0.1, 0.15) is 0 Å². The molecule has 2 heterocycles. The number of amidine groups is 1. The van der Waals surface area contributed by atoms with Gasteiger partial charge in [-0.15, -0.1) is 0 Å². The second kappa shape index (κ2) is 4.74. The Bertz CT molecular complexity index is 254. The number of thioether (sulfide) groups is 1. The Morgan fingerprint density at radius 2 is 2.27 bits per heavy atom. The van der Waals surface area contributed by atoms with Gasteiger partial charge < -0.3 is 10.2 Å². The first kappa shape index (κ1) is 11.3. The van der Waals surface area contributed by atoms with Gasteiger partial charge in [-0.25, -0.2) is 0 Å². The molecule has 15 heavy (non-hydrogen) atoms. The summed E-state index contributed by atoms with van der Waals surface area (Å²) in [5.74, 6) is 0. The van der Waals surface area contributed by atoms with Gasteiger partial charge in [-0.1, -0.05) is 18.7 Å². The molecule has 1 N–H and O–H groups in total. The molecule has 3 atom stereocenters. The highest BCUT2D eigenvalue weighted by Crippen LogP contribution is 2.21. The van der Waals surface area contributed by atoms with Crippen molar-refractivity contribution in [3.63, 3.8) is 0 Å². The number of likely N-dealkylation sites (tertiary alicyclic amines) is 1. The van der Waals surface area contributed by atoms with Gasteiger partial charge in [-0.3, -0.25) is 4.99 Å². The van der Waals surface area contributed by atoms with Gasteiger partial charge in [0.05, 0.1) is 6.54 Å². The van der Waals surface area contributed by atoms with Crippen LogP contribution < -0.4 is 5.32 Å². The first-order valence-corrected chi connectivity index (χ1v) is 6.71. The van der Waals surface area contributed by atoms with Crippen molar-refractivity contribution in [2.24, 2.45) is 4.99 Å². The normalized spacial score (nSPS) is 37.8. The van der Waals surface area contributed by atoms with E-state index in [9.17, 15) is 0 Å². The zero-order valence-corrected chi connectivity index (χ0v) is 10.7. The summed E-state index contributed by atoms with van der Waals surface area (Å²) in [5.41, 5.74) is 0. The minimum Gasteiger partial charge on any atom is -0.362 e. The van der Waals surface area contributed by atoms with E-state index < -0.39 is 0 Å². The molecule has 2 aliphatic heterocycles. The molecule has 0 spiro atoms. The topological polar surface area (TPSA) is 27.6 Å². The average Bonchev–Trinajstić information content (AvgIpc) is 2.58. The number of nitrogens with one attached hydrogen (secondary N) is 1. The van der Waals surface area contributed by atoms with Crippen LogP contribution in [0.5, 0.6) is 0 Å². The molecule has 3 nitrogen and oxygen atoms in total. The Morgan fingerprint density at radius 1 is 1.47 bits per heavy atom. The number of nitrogens with zero attached hydrogens (tertiary/aromatic N) is 2. The molecule has 0 aromatic carbocycles. The number of hydrogen-bond donors (Lipinski definition) is 1. The molecular formula is C11H21N3S. The van der Waals surface area contributed by atoms with Crippen molar-refractivity contribution in [3.8, 4) is 0 Å². The number of rotatable bonds is 1. The first-order valence-electron chi connectivity index (χ1n) is 5.83. The van der Waals surface area contributed by atoms with Crippen molar-refractivity contribution in [1.82, 2.24) is 10.2 Å². The van der Waals surface area contributed by atoms with Crippen LogP contribution in [-0.2, 0) is 0 Å². The molecule has 0 aromatic heterocycles. The summed E-state index contributed by atoms with van der Waals surface area (Å²) in [6.07, 6.45) is 2.49. The second-order valence-corrected chi connectivity index (χ2v) is 6.20. The fourth-order valence-electron chi connectivity index (χ4n) is 2.15. The maximum Gasteiger partial charge on any atom is 0.157 e. The minimum atomic E-state index is 0.632. The molecular weight excluding hydrogens is 206 g/mol. The molecule has 1 saturated heterocycles. The summed E-state index contributed by atoms with van der Waals surface area (Å²) in [4.78, 5) is 6.94. The smallest absolute Gasteiger partial charge is 0.157 e. The van der Waals surface area contributed by atoms with Gasteiger partial charge in [0, 0.05) is 23.9 Å². The highest BCUT2D eigenvalue weighted by molar-refractivity contribution is 8.14. The molecule has 0 amide bonds. The predicted octanol–water partition coefficient (Wildman–Crippen LogP) is 1.55. The third kappa shape index (κ3) is 2.88. The lowest BCUT2D eigenvalue weighted by atomic mass is 9.99. The largest absolute Gasteiger partial charge is 0.362 e. The van der Waals surface area contributed by atoms with Crippen molar-refractivity contribution >= 4 is 16.9 Å². The van der Waals surface area contributed by atoms with E-state index in [2.05, 4.69) is 36.1 Å². The lowest BCUT2D eigenvalue weighted by molar-refractivity contribution is 0.177. The molecule has 2 rings (SSSR count). The summed E-state index contributed by atoms with van der Waals surface area (Å²) in [6, 6.07) is 1.33. The Kier molecular flexibility index (Phi) is 3.57. The Hall–Kier alpha value is -0.220. The van der Waals surface area contributed by atoms with Crippen LogP contribution in [0.1, 0.15) is 26.7 Å². The van der Waals surface area contributed by atoms with Crippen LogP contribution >= 0.6 is 11.8 Å². The lowest BCUT2D eigenvalue weighted by Crippen LogP contribution is -2.46. The first-order chi connectivity index (χ1) is 7.15. The minimum absolute atomic E-state index is 0.632. The maximum atomic E-state index is 4.51. The lowest BCUT2D eigenvalue weighted by Gasteiger charge is -2.35. The average molecular weight is 227 g/mol. The second-order valence-electron chi connectivity index (χ2n) is 4.77. The fourth-order valence-corrected chi connectivity index (χ4v) is 3.07. The van der Waals surface area contributed by atoms with Crippen molar-refractivity contribution in [1.29, 1.82) is 0 Å². The van der Waals surface area contributed by atoms with Crippen molar-refractivity contribution in [2.75, 3.05) is 20.1 Å². The maximum absolute atomic E-state index is 4.51. The van der Waals surface area contributed by atoms with Crippen molar-refractivity contribution in [3.05, 3.63) is 0 Å². The zero-order chi connectivity index (χ0) is 10.8. The third-order valence-corrected chi connectivity index (χ3v) is 4.36. The number of piperidine rings is 1. The quantitative estimate of drug-likeness (QED) is 0.736. The molecule has 4 heteroatoms. The highest BCUT2D eigenvalue weighted by atomic mass is 32.2. The summed E-state index contributed by atoms with van der Waals surface area (Å²) in [7, 11) is 2.21. The molecule has 0 aliphatic carbocycles. The van der Waals surface area contributed by atoms with Crippen LogP contribution in [0.25, 0.3) is 0 Å². The third-order valence-electron chi connectivity index (χ3n) is 3.34. The van der Waals surface area contributed by atoms with Gasteiger partial charge in [0.2, 0.25) is 0 Å². The van der Waals surface area contributed by atoms with E-state index in [1.54, 1.807) is 0 Å². The number of aliphatic imine (C=N–C) groups is 1. The van der Waals surface area contributed by atoms with Crippen LogP contribution in [0.2, 0.25) is 0 Å². The Labute approximate surface area is 96.7 Å². The van der Waals surface area contributed by atoms with Gasteiger partial charge in [0.15, 0.2) is 5.17 Å². The monoisotopic (exact) mass is 227 g/mol. The van der Waals surface area contributed by atoms with E-state index in [0.29, 0.717) is 17.3 Å². The molecule has 0 saturated carbocycles. The predicted molar refractivity (Wildman–Crippen MR) is 67.6 cm³/mol. The standard InChI is InChI=1S/C11H21N3S/c1-8-6-10(4-5-14(8)3)13-11-12-7-9(2)15-11/h8-10H,4-7H2,1-3H3,(H,12,13). The van der Waals surface area contributed by atoms with Gasteiger partial charge in [0.25, 0.3) is 0 Å². The van der Waals surface area contributed by atoms with E-state index in [-0.39, 0.29) is 0 Å². The van der Waals surface area contributed by atoms with Crippen molar-refractivity contribution < 1.29 is 0 Å². The summed E-state index contributed by atoms with van der Waals surface area (Å²) >= 11 is 1.89. The highest BCUT2D eigenvalue weighted by Gasteiger charge is 2.25. The Balaban J connectivity index is 1.81. The molecule has 2 aliphatic rings. The molecule has 0 radical (unpaired) electrons. The summed E-state index contributed by atoms with van der Waals surface area (Å²) in [6.45, 7) is 6.72. The Morgan fingerprint density at radius 3 is 2.87 bits per heavy atom. The molecule has 1 fully saturated rings. The van der Waals surface area contributed by atoms with Crippen LogP contribution in [0, 0.1) is 0 Å². The van der Waals surface area contributed by atoms with Crippen LogP contribution in [0.3, 0.4) is 0 Å². The van der Waals surface area contributed by atoms with E-state index in [1.807, 2.05) is 11.8 Å². The van der Waals surface area contributed by atoms with Gasteiger partial charge in [-0.05, 0) is 26.8 Å². The van der Waals surface area contributed by atoms with Crippen LogP contribution in [-0.4, -0.2) is 47.5 Å². The van der Waals surface area contributed by atoms with Crippen LogP contribution in [0.4, 0.5) is 0 Å². The van der Waals surface area contributed by atoms with E-state index >= 15 is 0 Å². The van der Waals surface area contributed by atoms with Crippen molar-refractivity contribution in [2.45, 2.75) is 44.0 Å². The fraction of sp³-hybridized carbons (Fsp3) is 0.909. The van der Waals surface area contributed by atoms with E-state index in [1.165, 1.54) is 24.6 Å². The molecule has 0 aromatic rings.